The van der Waals surface area contributed by atoms with Gasteiger partial charge >= 0.3 is 6.85 Å². The SMILES string of the molecule is c1ccc(-c2ccc3c(c2N2B4c5ccccc5N(c5ccccc5)c5cccc(c54)-c4ccccc42)CCCC3)cc1. The lowest BCUT2D eigenvalue weighted by atomic mass is 9.43. The Hall–Kier alpha value is -5.02. The van der Waals surface area contributed by atoms with Crippen molar-refractivity contribution in [1.82, 2.24) is 0 Å². The first kappa shape index (κ1) is 24.6. The summed E-state index contributed by atoms with van der Waals surface area (Å²) in [5.41, 5.74) is 17.3. The van der Waals surface area contributed by atoms with Crippen molar-refractivity contribution in [3.05, 3.63) is 151 Å². The van der Waals surface area contributed by atoms with E-state index in [1.54, 1.807) is 0 Å². The van der Waals surface area contributed by atoms with Crippen LogP contribution in [0.4, 0.5) is 28.4 Å². The van der Waals surface area contributed by atoms with Gasteiger partial charge in [0.25, 0.3) is 0 Å². The Morgan fingerprint density at radius 1 is 0.488 bits per heavy atom. The second kappa shape index (κ2) is 9.78. The molecule has 0 N–H and O–H groups in total. The second-order valence-electron chi connectivity index (χ2n) is 11.9. The van der Waals surface area contributed by atoms with E-state index >= 15 is 0 Å². The molecular formula is C40H31BN2. The molecular weight excluding hydrogens is 519 g/mol. The van der Waals surface area contributed by atoms with E-state index in [1.807, 2.05) is 0 Å². The molecule has 2 aliphatic heterocycles. The molecule has 2 nitrogen and oxygen atoms in total. The standard InChI is InChI=1S/C40H31BN2/c1-3-14-28(15-4-1)32-27-26-29-16-7-8-19-31(29)40(32)43-36-23-11-9-20-33(36)34-21-13-25-38-39(34)41(43)35-22-10-12-24-37(35)42(38)30-17-5-2-6-18-30/h1-6,9-15,17-18,20-27H,7-8,16,19H2. The highest BCUT2D eigenvalue weighted by Crippen LogP contribution is 2.50. The van der Waals surface area contributed by atoms with Crippen LogP contribution >= 0.6 is 0 Å². The van der Waals surface area contributed by atoms with Crippen molar-refractivity contribution >= 4 is 46.2 Å². The van der Waals surface area contributed by atoms with Gasteiger partial charge in [0, 0.05) is 39.6 Å². The molecule has 0 saturated heterocycles. The number of hydrogen-bond acceptors (Lipinski definition) is 2. The molecule has 0 radical (unpaired) electrons. The minimum absolute atomic E-state index is 0.0492. The average Bonchev–Trinajstić information content (AvgIpc) is 3.09. The molecule has 0 spiro atoms. The van der Waals surface area contributed by atoms with Gasteiger partial charge in [-0.25, -0.2) is 0 Å². The lowest BCUT2D eigenvalue weighted by Gasteiger charge is -2.47. The molecule has 0 aromatic heterocycles. The van der Waals surface area contributed by atoms with Crippen molar-refractivity contribution in [3.8, 4) is 22.3 Å². The predicted octanol–water partition coefficient (Wildman–Crippen LogP) is 8.94. The Kier molecular flexibility index (Phi) is 5.59. The molecule has 204 valence electrons. The van der Waals surface area contributed by atoms with E-state index in [0.717, 1.165) is 12.8 Å². The number of benzene rings is 6. The highest BCUT2D eigenvalue weighted by atomic mass is 15.2. The van der Waals surface area contributed by atoms with Gasteiger partial charge in [0.15, 0.2) is 0 Å². The third kappa shape index (κ3) is 3.68. The third-order valence-electron chi connectivity index (χ3n) is 9.62. The van der Waals surface area contributed by atoms with Crippen molar-refractivity contribution in [1.29, 1.82) is 0 Å². The average molecular weight is 551 g/mol. The predicted molar refractivity (Wildman–Crippen MR) is 182 cm³/mol. The Morgan fingerprint density at radius 3 is 2.02 bits per heavy atom. The summed E-state index contributed by atoms with van der Waals surface area (Å²) >= 11 is 0. The number of fused-ring (bicyclic) bond motifs is 5. The van der Waals surface area contributed by atoms with Crippen LogP contribution in [0.2, 0.25) is 0 Å². The van der Waals surface area contributed by atoms with Gasteiger partial charge in [-0.15, -0.1) is 0 Å². The van der Waals surface area contributed by atoms with Crippen molar-refractivity contribution < 1.29 is 0 Å². The van der Waals surface area contributed by atoms with E-state index in [4.69, 9.17) is 0 Å². The Bertz CT molecular complexity index is 2000. The van der Waals surface area contributed by atoms with Crippen LogP contribution in [0.25, 0.3) is 22.3 Å². The van der Waals surface area contributed by atoms with Gasteiger partial charge in [-0.2, -0.15) is 0 Å². The fraction of sp³-hybridized carbons (Fsp3) is 0.100. The maximum absolute atomic E-state index is 2.72. The normalized spacial score (nSPS) is 14.5. The van der Waals surface area contributed by atoms with Gasteiger partial charge in [0.05, 0.1) is 0 Å². The van der Waals surface area contributed by atoms with Crippen LogP contribution in [0.1, 0.15) is 24.0 Å². The highest BCUT2D eigenvalue weighted by Gasteiger charge is 2.45. The molecule has 0 saturated carbocycles. The topological polar surface area (TPSA) is 6.48 Å². The van der Waals surface area contributed by atoms with Gasteiger partial charge < -0.3 is 9.71 Å². The molecule has 2 heterocycles. The molecule has 0 unspecified atom stereocenters. The summed E-state index contributed by atoms with van der Waals surface area (Å²) in [6, 6.07) is 51.7. The summed E-state index contributed by atoms with van der Waals surface area (Å²) in [5, 5.41) is 0. The zero-order valence-electron chi connectivity index (χ0n) is 24.1. The molecule has 0 fully saturated rings. The lowest BCUT2D eigenvalue weighted by Crippen LogP contribution is -2.61. The quantitative estimate of drug-likeness (QED) is 0.203. The zero-order chi connectivity index (χ0) is 28.3. The van der Waals surface area contributed by atoms with Crippen molar-refractivity contribution in [3.63, 3.8) is 0 Å². The van der Waals surface area contributed by atoms with E-state index in [0.29, 0.717) is 0 Å². The minimum Gasteiger partial charge on any atom is -0.376 e. The molecule has 43 heavy (non-hydrogen) atoms. The number of anilines is 5. The van der Waals surface area contributed by atoms with E-state index in [9.17, 15) is 0 Å². The molecule has 0 atom stereocenters. The number of nitrogens with zero attached hydrogens (tertiary/aromatic N) is 2. The first-order valence-corrected chi connectivity index (χ1v) is 15.5. The molecule has 3 heteroatoms. The Morgan fingerprint density at radius 2 is 1.16 bits per heavy atom. The lowest BCUT2D eigenvalue weighted by molar-refractivity contribution is 0.686. The molecule has 6 aromatic rings. The molecule has 0 amide bonds. The van der Waals surface area contributed by atoms with Crippen LogP contribution in [0.3, 0.4) is 0 Å². The molecule has 1 aliphatic carbocycles. The van der Waals surface area contributed by atoms with Crippen LogP contribution in [0.5, 0.6) is 0 Å². The first-order valence-electron chi connectivity index (χ1n) is 15.5. The van der Waals surface area contributed by atoms with Gasteiger partial charge in [0.1, 0.15) is 0 Å². The summed E-state index contributed by atoms with van der Waals surface area (Å²) in [7, 11) is 0. The van der Waals surface area contributed by atoms with Crippen LogP contribution in [-0.4, -0.2) is 6.85 Å². The maximum Gasteiger partial charge on any atom is 0.333 e. The second-order valence-corrected chi connectivity index (χ2v) is 11.9. The highest BCUT2D eigenvalue weighted by molar-refractivity contribution is 6.93. The number of rotatable bonds is 3. The number of hydrogen-bond donors (Lipinski definition) is 0. The smallest absolute Gasteiger partial charge is 0.333 e. The maximum atomic E-state index is 2.72. The van der Waals surface area contributed by atoms with Crippen LogP contribution in [0.15, 0.2) is 140 Å². The fourth-order valence-electron chi connectivity index (χ4n) is 7.84. The summed E-state index contributed by atoms with van der Waals surface area (Å²) in [4.78, 5) is 5.18. The third-order valence-corrected chi connectivity index (χ3v) is 9.62. The van der Waals surface area contributed by atoms with E-state index in [2.05, 4.69) is 149 Å². The minimum atomic E-state index is 0.0492. The van der Waals surface area contributed by atoms with Crippen molar-refractivity contribution in [2.24, 2.45) is 0 Å². The van der Waals surface area contributed by atoms with Crippen LogP contribution in [-0.2, 0) is 12.8 Å². The molecule has 0 bridgehead atoms. The number of aryl methyl sites for hydroxylation is 1. The number of para-hydroxylation sites is 3. The van der Waals surface area contributed by atoms with Gasteiger partial charge in [0.2, 0.25) is 0 Å². The summed E-state index contributed by atoms with van der Waals surface area (Å²) in [5.74, 6) is 0. The Balaban J connectivity index is 1.40. The summed E-state index contributed by atoms with van der Waals surface area (Å²) in [6.07, 6.45) is 4.76. The largest absolute Gasteiger partial charge is 0.376 e. The molecule has 9 rings (SSSR count). The van der Waals surface area contributed by atoms with E-state index in [-0.39, 0.29) is 6.85 Å². The zero-order valence-corrected chi connectivity index (χ0v) is 24.1. The first-order chi connectivity index (χ1) is 21.4. The summed E-state index contributed by atoms with van der Waals surface area (Å²) in [6.45, 7) is 0.0492. The van der Waals surface area contributed by atoms with Crippen LogP contribution < -0.4 is 20.6 Å². The van der Waals surface area contributed by atoms with E-state index < -0.39 is 0 Å². The van der Waals surface area contributed by atoms with Crippen molar-refractivity contribution in [2.75, 3.05) is 9.71 Å². The van der Waals surface area contributed by atoms with Gasteiger partial charge in [-0.3, -0.25) is 0 Å². The fourth-order valence-corrected chi connectivity index (χ4v) is 7.84. The summed E-state index contributed by atoms with van der Waals surface area (Å²) < 4.78 is 0. The van der Waals surface area contributed by atoms with Gasteiger partial charge in [-0.1, -0.05) is 109 Å². The van der Waals surface area contributed by atoms with Gasteiger partial charge in [-0.05, 0) is 89.2 Å². The van der Waals surface area contributed by atoms with E-state index in [1.165, 1.54) is 85.6 Å². The molecule has 6 aromatic carbocycles. The Labute approximate surface area is 254 Å². The van der Waals surface area contributed by atoms with Crippen LogP contribution in [0, 0.1) is 0 Å². The molecule has 3 aliphatic rings. The monoisotopic (exact) mass is 550 g/mol. The van der Waals surface area contributed by atoms with Crippen molar-refractivity contribution in [2.45, 2.75) is 25.7 Å².